The molecule has 2 aromatic heterocycles. The Morgan fingerprint density at radius 3 is 2.74 bits per heavy atom. The third-order valence-electron chi connectivity index (χ3n) is 5.47. The minimum Gasteiger partial charge on any atom is -0.455 e. The molecule has 3 aromatic rings. The topological polar surface area (TPSA) is 153 Å². The summed E-state index contributed by atoms with van der Waals surface area (Å²) in [6.07, 6.45) is 2.70. The van der Waals surface area contributed by atoms with E-state index in [0.29, 0.717) is 42.0 Å². The van der Waals surface area contributed by atoms with Crippen LogP contribution in [0.15, 0.2) is 45.2 Å². The maximum absolute atomic E-state index is 12.7. The number of nitrogens with zero attached hydrogens (tertiary/aromatic N) is 3. The molecular weight excluding hydrogens is 462 g/mol. The molecule has 0 aliphatic heterocycles. The number of amides is 1. The molecular formula is C22H21N5O6S. The normalized spacial score (nSPS) is 14.0. The first-order chi connectivity index (χ1) is 16.3. The smallest absolute Gasteiger partial charge is 0.301 e. The van der Waals surface area contributed by atoms with Crippen molar-refractivity contribution in [3.05, 3.63) is 83.5 Å². The van der Waals surface area contributed by atoms with Gasteiger partial charge in [0.15, 0.2) is 5.76 Å². The maximum Gasteiger partial charge on any atom is 0.301 e. The molecule has 34 heavy (non-hydrogen) atoms. The van der Waals surface area contributed by atoms with E-state index in [1.165, 1.54) is 17.0 Å². The first kappa shape index (κ1) is 23.1. The predicted molar refractivity (Wildman–Crippen MR) is 127 cm³/mol. The Morgan fingerprint density at radius 1 is 1.21 bits per heavy atom. The summed E-state index contributed by atoms with van der Waals surface area (Å²) in [6, 6.07) is 7.28. The molecule has 0 saturated heterocycles. The van der Waals surface area contributed by atoms with Crippen molar-refractivity contribution in [1.82, 2.24) is 5.32 Å². The van der Waals surface area contributed by atoms with E-state index in [-0.39, 0.29) is 23.0 Å². The summed E-state index contributed by atoms with van der Waals surface area (Å²) >= 11 is 1.63. The van der Waals surface area contributed by atoms with Gasteiger partial charge in [-0.05, 0) is 43.7 Å². The highest BCUT2D eigenvalue weighted by atomic mass is 32.1. The number of anilines is 1. The SMILES string of the molecule is Cc1c(C(=O)NCCc2cccs2)oc2c1/C(=N/Nc1ccc([N+](=O)[O-])cc1[N+](=O)[O-])CCC2. The summed E-state index contributed by atoms with van der Waals surface area (Å²) in [5.74, 6) is 0.569. The third-order valence-corrected chi connectivity index (χ3v) is 6.41. The van der Waals surface area contributed by atoms with Gasteiger partial charge in [-0.1, -0.05) is 6.07 Å². The summed E-state index contributed by atoms with van der Waals surface area (Å²) in [5.41, 5.74) is 3.84. The number of furan rings is 1. The number of nitro groups is 2. The number of hydrogen-bond acceptors (Lipinski definition) is 9. The second kappa shape index (κ2) is 9.83. The fourth-order valence-corrected chi connectivity index (χ4v) is 4.55. The van der Waals surface area contributed by atoms with Crippen LogP contribution < -0.4 is 10.7 Å². The van der Waals surface area contributed by atoms with E-state index in [1.54, 1.807) is 18.3 Å². The van der Waals surface area contributed by atoms with Crippen molar-refractivity contribution in [2.75, 3.05) is 12.0 Å². The first-order valence-electron chi connectivity index (χ1n) is 10.5. The highest BCUT2D eigenvalue weighted by Crippen LogP contribution is 2.32. The molecule has 1 aliphatic rings. The number of nitrogens with one attached hydrogen (secondary N) is 2. The quantitative estimate of drug-likeness (QED) is 0.351. The zero-order valence-electron chi connectivity index (χ0n) is 18.2. The van der Waals surface area contributed by atoms with Crippen LogP contribution in [0.4, 0.5) is 17.1 Å². The van der Waals surface area contributed by atoms with Gasteiger partial charge < -0.3 is 9.73 Å². The molecule has 0 spiro atoms. The van der Waals surface area contributed by atoms with E-state index < -0.39 is 15.5 Å². The standard InChI is InChI=1S/C22H21N5O6S/c1-13-20-17(25-24-16-8-7-14(26(29)30)12-18(16)27(31)32)5-2-6-19(20)33-21(13)22(28)23-10-9-15-4-3-11-34-15/h3-4,7-8,11-12,24H,2,5-6,9-10H2,1H3,(H,23,28)/b25-17+. The first-order valence-corrected chi connectivity index (χ1v) is 11.4. The van der Waals surface area contributed by atoms with Gasteiger partial charge in [0.05, 0.1) is 21.6 Å². The van der Waals surface area contributed by atoms with Crippen LogP contribution >= 0.6 is 11.3 Å². The van der Waals surface area contributed by atoms with Gasteiger partial charge in [-0.15, -0.1) is 11.3 Å². The maximum atomic E-state index is 12.7. The van der Waals surface area contributed by atoms with Crippen molar-refractivity contribution in [3.8, 4) is 0 Å². The van der Waals surface area contributed by atoms with E-state index in [0.717, 1.165) is 18.9 Å². The highest BCUT2D eigenvalue weighted by molar-refractivity contribution is 7.09. The number of fused-ring (bicyclic) bond motifs is 1. The van der Waals surface area contributed by atoms with Gasteiger partial charge in [-0.2, -0.15) is 5.10 Å². The monoisotopic (exact) mass is 483 g/mol. The minimum atomic E-state index is -0.705. The van der Waals surface area contributed by atoms with Crippen molar-refractivity contribution in [1.29, 1.82) is 0 Å². The van der Waals surface area contributed by atoms with Gasteiger partial charge in [0.1, 0.15) is 11.4 Å². The minimum absolute atomic E-state index is 0.0305. The Bertz CT molecular complexity index is 1280. The van der Waals surface area contributed by atoms with Crippen LogP contribution in [0.2, 0.25) is 0 Å². The number of nitro benzene ring substituents is 2. The zero-order chi connectivity index (χ0) is 24.2. The zero-order valence-corrected chi connectivity index (χ0v) is 19.0. The number of non-ortho nitro benzene ring substituents is 1. The predicted octanol–water partition coefficient (Wildman–Crippen LogP) is 4.59. The average molecular weight is 484 g/mol. The van der Waals surface area contributed by atoms with Gasteiger partial charge in [-0.25, -0.2) is 0 Å². The molecule has 0 atom stereocenters. The Hall–Kier alpha value is -4.06. The number of benzene rings is 1. The molecule has 11 nitrogen and oxygen atoms in total. The van der Waals surface area contributed by atoms with E-state index in [1.807, 2.05) is 17.5 Å². The second-order valence-electron chi connectivity index (χ2n) is 7.68. The Labute approximate surface area is 197 Å². The van der Waals surface area contributed by atoms with E-state index in [9.17, 15) is 25.0 Å². The number of hydrazone groups is 1. The Kier molecular flexibility index (Phi) is 6.68. The molecule has 0 bridgehead atoms. The van der Waals surface area contributed by atoms with E-state index >= 15 is 0 Å². The number of carbonyl (C=O) groups excluding carboxylic acids is 1. The molecule has 176 valence electrons. The van der Waals surface area contributed by atoms with Gasteiger partial charge in [0, 0.05) is 35.0 Å². The number of aryl methyl sites for hydroxylation is 1. The van der Waals surface area contributed by atoms with Gasteiger partial charge in [0.25, 0.3) is 11.6 Å². The molecule has 12 heteroatoms. The molecule has 2 heterocycles. The molecule has 0 fully saturated rings. The number of thiophene rings is 1. The van der Waals surface area contributed by atoms with Crippen LogP contribution in [0, 0.1) is 27.2 Å². The lowest BCUT2D eigenvalue weighted by Crippen LogP contribution is -2.25. The summed E-state index contributed by atoms with van der Waals surface area (Å²) < 4.78 is 5.87. The lowest BCUT2D eigenvalue weighted by Gasteiger charge is -2.13. The van der Waals surface area contributed by atoms with E-state index in [2.05, 4.69) is 15.8 Å². The van der Waals surface area contributed by atoms with Gasteiger partial charge >= 0.3 is 5.69 Å². The van der Waals surface area contributed by atoms with Crippen LogP contribution in [0.5, 0.6) is 0 Å². The van der Waals surface area contributed by atoms with Crippen LogP contribution in [-0.2, 0) is 12.8 Å². The summed E-state index contributed by atoms with van der Waals surface area (Å²) in [4.78, 5) is 34.8. The third kappa shape index (κ3) is 4.81. The highest BCUT2D eigenvalue weighted by Gasteiger charge is 2.28. The molecule has 0 saturated carbocycles. The Morgan fingerprint density at radius 2 is 2.03 bits per heavy atom. The molecule has 1 amide bonds. The fraction of sp³-hybridized carbons (Fsp3) is 0.273. The fourth-order valence-electron chi connectivity index (χ4n) is 3.84. The van der Waals surface area contributed by atoms with Crippen molar-refractivity contribution in [3.63, 3.8) is 0 Å². The van der Waals surface area contributed by atoms with E-state index in [4.69, 9.17) is 4.42 Å². The van der Waals surface area contributed by atoms with Crippen molar-refractivity contribution in [2.45, 2.75) is 32.6 Å². The Balaban J connectivity index is 1.54. The van der Waals surface area contributed by atoms with Gasteiger partial charge in [0.2, 0.25) is 0 Å². The second-order valence-corrected chi connectivity index (χ2v) is 8.71. The largest absolute Gasteiger partial charge is 0.455 e. The lowest BCUT2D eigenvalue weighted by molar-refractivity contribution is -0.393. The lowest BCUT2D eigenvalue weighted by atomic mass is 9.93. The molecule has 0 radical (unpaired) electrons. The van der Waals surface area contributed by atoms with Crippen molar-refractivity contribution in [2.24, 2.45) is 5.10 Å². The number of carbonyl (C=O) groups is 1. The van der Waals surface area contributed by atoms with Crippen LogP contribution in [0.3, 0.4) is 0 Å². The summed E-state index contributed by atoms with van der Waals surface area (Å²) in [6.45, 7) is 2.27. The average Bonchev–Trinajstić information content (AvgIpc) is 3.45. The van der Waals surface area contributed by atoms with Crippen molar-refractivity contribution < 1.29 is 19.1 Å². The molecule has 1 aliphatic carbocycles. The van der Waals surface area contributed by atoms with Crippen molar-refractivity contribution >= 4 is 40.0 Å². The van der Waals surface area contributed by atoms with Crippen LogP contribution in [-0.4, -0.2) is 28.0 Å². The molecule has 4 rings (SSSR count). The summed E-state index contributed by atoms with van der Waals surface area (Å²) in [5, 5.41) is 31.5. The number of hydrogen-bond donors (Lipinski definition) is 2. The number of rotatable bonds is 8. The molecule has 0 unspecified atom stereocenters. The van der Waals surface area contributed by atoms with Crippen LogP contribution in [0.25, 0.3) is 0 Å². The molecule has 1 aromatic carbocycles. The van der Waals surface area contributed by atoms with Gasteiger partial charge in [-0.3, -0.25) is 30.4 Å². The van der Waals surface area contributed by atoms with Crippen LogP contribution in [0.1, 0.15) is 45.2 Å². The molecule has 2 N–H and O–H groups in total. The summed E-state index contributed by atoms with van der Waals surface area (Å²) in [7, 11) is 0.